The molecule has 0 radical (unpaired) electrons. The topological polar surface area (TPSA) is 89.3 Å². The van der Waals surface area contributed by atoms with Crippen LogP contribution in [0.2, 0.25) is 10.6 Å². The standard InChI is InChI=1S/C7H6Cl2N6OS/c1-2-15-6(16)13-14-7(15)17-5-11-3(8)10-4(9)12-5/h2H2,1H3,(H,13,16). The zero-order chi connectivity index (χ0) is 12.4. The van der Waals surface area contributed by atoms with E-state index in [9.17, 15) is 4.79 Å². The number of rotatable bonds is 3. The first-order chi connectivity index (χ1) is 8.10. The van der Waals surface area contributed by atoms with Gasteiger partial charge < -0.3 is 0 Å². The van der Waals surface area contributed by atoms with Crippen LogP contribution in [0.5, 0.6) is 0 Å². The highest BCUT2D eigenvalue weighted by Gasteiger charge is 2.12. The van der Waals surface area contributed by atoms with E-state index in [1.807, 2.05) is 6.92 Å². The van der Waals surface area contributed by atoms with Gasteiger partial charge in [-0.2, -0.15) is 15.0 Å². The van der Waals surface area contributed by atoms with Gasteiger partial charge in [0.15, 0.2) is 5.16 Å². The summed E-state index contributed by atoms with van der Waals surface area (Å²) in [5, 5.41) is 6.89. The van der Waals surface area contributed by atoms with E-state index in [1.165, 1.54) is 4.57 Å². The Balaban J connectivity index is 2.34. The molecule has 2 aromatic rings. The summed E-state index contributed by atoms with van der Waals surface area (Å²) in [7, 11) is 0. The lowest BCUT2D eigenvalue weighted by atomic mass is 10.7. The Morgan fingerprint density at radius 1 is 1.29 bits per heavy atom. The van der Waals surface area contributed by atoms with Gasteiger partial charge in [0.25, 0.3) is 0 Å². The lowest BCUT2D eigenvalue weighted by Gasteiger charge is -2.00. The number of aromatic nitrogens is 6. The van der Waals surface area contributed by atoms with Crippen LogP contribution in [-0.4, -0.2) is 29.7 Å². The quantitative estimate of drug-likeness (QED) is 0.915. The summed E-state index contributed by atoms with van der Waals surface area (Å²) in [5.74, 6) is 0. The first-order valence-electron chi connectivity index (χ1n) is 4.50. The van der Waals surface area contributed by atoms with E-state index >= 15 is 0 Å². The Hall–Kier alpha value is -1.12. The van der Waals surface area contributed by atoms with Gasteiger partial charge in [-0.05, 0) is 41.9 Å². The molecule has 0 fully saturated rings. The summed E-state index contributed by atoms with van der Waals surface area (Å²) in [6.07, 6.45) is 0. The number of hydrogen-bond acceptors (Lipinski definition) is 6. The summed E-state index contributed by atoms with van der Waals surface area (Å²) in [4.78, 5) is 22.7. The molecule has 0 unspecified atom stereocenters. The maximum absolute atomic E-state index is 11.3. The number of H-pyrrole nitrogens is 1. The average molecular weight is 293 g/mol. The molecule has 0 amide bonds. The van der Waals surface area contributed by atoms with Gasteiger partial charge in [-0.1, -0.05) is 0 Å². The van der Waals surface area contributed by atoms with Crippen LogP contribution >= 0.6 is 35.0 Å². The van der Waals surface area contributed by atoms with Crippen LogP contribution in [0.4, 0.5) is 0 Å². The van der Waals surface area contributed by atoms with Crippen molar-refractivity contribution in [2.75, 3.05) is 0 Å². The van der Waals surface area contributed by atoms with Crippen LogP contribution in [-0.2, 0) is 6.54 Å². The van der Waals surface area contributed by atoms with Crippen molar-refractivity contribution in [3.05, 3.63) is 21.1 Å². The molecule has 10 heteroatoms. The molecule has 0 aliphatic heterocycles. The van der Waals surface area contributed by atoms with E-state index in [-0.39, 0.29) is 21.4 Å². The normalized spacial score (nSPS) is 10.8. The lowest BCUT2D eigenvalue weighted by molar-refractivity contribution is 0.659. The van der Waals surface area contributed by atoms with Crippen molar-refractivity contribution < 1.29 is 0 Å². The highest BCUT2D eigenvalue weighted by Crippen LogP contribution is 2.22. The Morgan fingerprint density at radius 2 is 1.94 bits per heavy atom. The van der Waals surface area contributed by atoms with Crippen LogP contribution in [0.15, 0.2) is 15.1 Å². The highest BCUT2D eigenvalue weighted by atomic mass is 35.5. The molecule has 0 saturated heterocycles. The third-order valence-corrected chi connectivity index (χ3v) is 2.98. The second kappa shape index (κ2) is 5.03. The fourth-order valence-electron chi connectivity index (χ4n) is 1.10. The zero-order valence-electron chi connectivity index (χ0n) is 8.52. The molecule has 2 rings (SSSR count). The molecule has 90 valence electrons. The summed E-state index contributed by atoms with van der Waals surface area (Å²) in [6.45, 7) is 2.32. The number of halogens is 2. The minimum Gasteiger partial charge on any atom is -0.270 e. The predicted molar refractivity (Wildman–Crippen MR) is 62.5 cm³/mol. The van der Waals surface area contributed by atoms with E-state index < -0.39 is 0 Å². The van der Waals surface area contributed by atoms with E-state index in [1.54, 1.807) is 0 Å². The van der Waals surface area contributed by atoms with Gasteiger partial charge in [-0.15, -0.1) is 5.10 Å². The fraction of sp³-hybridized carbons (Fsp3) is 0.286. The van der Waals surface area contributed by atoms with Crippen molar-refractivity contribution >= 4 is 35.0 Å². The number of hydrogen-bond donors (Lipinski definition) is 1. The Morgan fingerprint density at radius 3 is 2.53 bits per heavy atom. The first kappa shape index (κ1) is 12.3. The average Bonchev–Trinajstić information content (AvgIpc) is 2.57. The van der Waals surface area contributed by atoms with E-state index in [2.05, 4.69) is 25.1 Å². The highest BCUT2D eigenvalue weighted by molar-refractivity contribution is 7.99. The Labute approximate surface area is 110 Å². The number of nitrogens with one attached hydrogen (secondary N) is 1. The molecule has 0 saturated carbocycles. The van der Waals surface area contributed by atoms with Gasteiger partial charge in [0.1, 0.15) is 0 Å². The molecule has 0 atom stereocenters. The summed E-state index contributed by atoms with van der Waals surface area (Å²) in [5.41, 5.74) is -0.291. The van der Waals surface area contributed by atoms with Crippen molar-refractivity contribution in [3.8, 4) is 0 Å². The van der Waals surface area contributed by atoms with Crippen molar-refractivity contribution in [2.45, 2.75) is 23.8 Å². The second-order valence-electron chi connectivity index (χ2n) is 2.81. The van der Waals surface area contributed by atoms with Crippen LogP contribution < -0.4 is 5.69 Å². The molecule has 2 aromatic heterocycles. The predicted octanol–water partition coefficient (Wildman–Crippen LogP) is 1.23. The maximum Gasteiger partial charge on any atom is 0.343 e. The third kappa shape index (κ3) is 2.76. The largest absolute Gasteiger partial charge is 0.343 e. The summed E-state index contributed by atoms with van der Waals surface area (Å²) < 4.78 is 1.44. The van der Waals surface area contributed by atoms with Gasteiger partial charge in [0.2, 0.25) is 15.7 Å². The molecule has 2 heterocycles. The Bertz CT molecular complexity index is 576. The minimum absolute atomic E-state index is 0.00608. The van der Waals surface area contributed by atoms with Crippen LogP contribution in [0.1, 0.15) is 6.92 Å². The third-order valence-electron chi connectivity index (χ3n) is 1.78. The molecule has 0 spiro atoms. The van der Waals surface area contributed by atoms with Gasteiger partial charge in [0, 0.05) is 6.54 Å². The van der Waals surface area contributed by atoms with Crippen LogP contribution in [0.3, 0.4) is 0 Å². The van der Waals surface area contributed by atoms with Gasteiger partial charge >= 0.3 is 5.69 Å². The van der Waals surface area contributed by atoms with E-state index in [0.717, 1.165) is 11.8 Å². The molecule has 0 aliphatic rings. The van der Waals surface area contributed by atoms with Gasteiger partial charge in [-0.3, -0.25) is 4.57 Å². The molecule has 0 aliphatic carbocycles. The van der Waals surface area contributed by atoms with Gasteiger partial charge in [-0.25, -0.2) is 9.89 Å². The second-order valence-corrected chi connectivity index (χ2v) is 4.42. The zero-order valence-corrected chi connectivity index (χ0v) is 10.8. The monoisotopic (exact) mass is 292 g/mol. The first-order valence-corrected chi connectivity index (χ1v) is 6.07. The van der Waals surface area contributed by atoms with Crippen molar-refractivity contribution in [1.82, 2.24) is 29.7 Å². The van der Waals surface area contributed by atoms with Crippen molar-refractivity contribution in [3.63, 3.8) is 0 Å². The lowest BCUT2D eigenvalue weighted by Crippen LogP contribution is -2.16. The molecule has 1 N–H and O–H groups in total. The van der Waals surface area contributed by atoms with Gasteiger partial charge in [0.05, 0.1) is 0 Å². The number of nitrogens with zero attached hydrogens (tertiary/aromatic N) is 5. The molecule has 7 nitrogen and oxygen atoms in total. The SMILES string of the molecule is CCn1c(Sc2nc(Cl)nc(Cl)n2)n[nH]c1=O. The smallest absolute Gasteiger partial charge is 0.270 e. The molecule has 0 aromatic carbocycles. The van der Waals surface area contributed by atoms with Crippen molar-refractivity contribution in [2.24, 2.45) is 0 Å². The molecule has 17 heavy (non-hydrogen) atoms. The van der Waals surface area contributed by atoms with Crippen molar-refractivity contribution in [1.29, 1.82) is 0 Å². The summed E-state index contributed by atoms with van der Waals surface area (Å²) >= 11 is 12.4. The molecule has 0 bridgehead atoms. The number of aromatic amines is 1. The van der Waals surface area contributed by atoms with E-state index in [4.69, 9.17) is 23.2 Å². The molecular weight excluding hydrogens is 287 g/mol. The fourth-order valence-corrected chi connectivity index (χ4v) is 2.40. The summed E-state index contributed by atoms with van der Waals surface area (Å²) in [6, 6.07) is 0. The van der Waals surface area contributed by atoms with Crippen LogP contribution in [0.25, 0.3) is 0 Å². The Kier molecular flexibility index (Phi) is 3.65. The minimum atomic E-state index is -0.291. The van der Waals surface area contributed by atoms with E-state index in [0.29, 0.717) is 11.7 Å². The maximum atomic E-state index is 11.3. The molecular formula is C7H6Cl2N6OS. The van der Waals surface area contributed by atoms with Crippen LogP contribution in [0, 0.1) is 0 Å².